The average molecular weight is 959 g/mol. The van der Waals surface area contributed by atoms with Gasteiger partial charge in [-0.15, -0.1) is 0 Å². The van der Waals surface area contributed by atoms with Crippen molar-refractivity contribution in [1.29, 1.82) is 0 Å². The number of rotatable bonds is 35. The summed E-state index contributed by atoms with van der Waals surface area (Å²) in [7, 11) is 0. The highest BCUT2D eigenvalue weighted by molar-refractivity contribution is 7.99. The van der Waals surface area contributed by atoms with Gasteiger partial charge in [-0.1, -0.05) is 185 Å². The topological polar surface area (TPSA) is 123 Å². The molecule has 0 saturated heterocycles. The molecule has 0 saturated carbocycles. The van der Waals surface area contributed by atoms with Crippen molar-refractivity contribution in [3.05, 3.63) is 73.3 Å². The van der Waals surface area contributed by atoms with Crippen LogP contribution >= 0.6 is 23.5 Å². The second-order valence-corrected chi connectivity index (χ2v) is 19.2. The summed E-state index contributed by atoms with van der Waals surface area (Å²) < 4.78 is 22.2. The molecular formula is C55H82N4O6S2. The van der Waals surface area contributed by atoms with E-state index in [4.69, 9.17) is 18.9 Å². The Morgan fingerprint density at radius 3 is 1.06 bits per heavy atom. The van der Waals surface area contributed by atoms with E-state index in [1.54, 1.807) is 37.4 Å². The number of benzene rings is 2. The summed E-state index contributed by atoms with van der Waals surface area (Å²) in [6.45, 7) is 13.3. The maximum absolute atomic E-state index is 12.2. The number of aromatic nitrogens is 4. The van der Waals surface area contributed by atoms with Gasteiger partial charge in [0.2, 0.25) is 0 Å². The Hall–Kier alpha value is -4.16. The molecule has 0 radical (unpaired) electrons. The van der Waals surface area contributed by atoms with Crippen molar-refractivity contribution < 1.29 is 28.5 Å². The first-order valence-electron chi connectivity index (χ1n) is 25.5. The Balaban J connectivity index is 0.000000355. The molecule has 0 amide bonds. The molecule has 0 N–H and O–H groups in total. The zero-order valence-electron chi connectivity index (χ0n) is 41.8. The smallest absolute Gasteiger partial charge is 0.347 e. The maximum Gasteiger partial charge on any atom is 0.347 e. The molecule has 10 nitrogen and oxygen atoms in total. The summed E-state index contributed by atoms with van der Waals surface area (Å²) in [5.74, 6) is 2.78. The average Bonchev–Trinajstić information content (AvgIpc) is 3.35. The number of carbonyl (C=O) groups excluding carboxylic acids is 2. The Labute approximate surface area is 412 Å². The fourth-order valence-corrected chi connectivity index (χ4v) is 8.51. The molecule has 0 aliphatic carbocycles. The molecule has 2 atom stereocenters. The maximum atomic E-state index is 12.2. The predicted molar refractivity (Wildman–Crippen MR) is 278 cm³/mol. The van der Waals surface area contributed by atoms with Crippen molar-refractivity contribution in [2.75, 3.05) is 24.7 Å². The standard InChI is InChI=1S/C28H42N2O3S.C27H40N2O3S/c1-4-6-8-10-11-13-19-32-27(31)23(3)33-26-17-15-24(16-18-26)25-21-29-28(30-22-25)34-20-14-12-9-7-5-2;1-4-6-8-10-11-12-18-31-26(30)22(3)32-25-16-14-23(15-17-25)24-20-28-27(29-21-24)33-19-13-9-7-5-2/h15-18,21-23H,4-14,19-20H2,1-3H3;14-17,20-22H,4-13,18-19H2,1-3H3/t23-;22-/m11/s1. The third-order valence-electron chi connectivity index (χ3n) is 11.1. The van der Waals surface area contributed by atoms with Crippen LogP contribution in [0.5, 0.6) is 11.5 Å². The van der Waals surface area contributed by atoms with Crippen LogP contribution in [0.2, 0.25) is 0 Å². The number of nitrogens with zero attached hydrogens (tertiary/aromatic N) is 4. The van der Waals surface area contributed by atoms with Crippen molar-refractivity contribution in [2.24, 2.45) is 0 Å². The molecule has 0 aliphatic heterocycles. The Morgan fingerprint density at radius 1 is 0.418 bits per heavy atom. The highest BCUT2D eigenvalue weighted by Gasteiger charge is 2.18. The van der Waals surface area contributed by atoms with Gasteiger partial charge in [0, 0.05) is 47.4 Å². The number of thioether (sulfide) groups is 2. The van der Waals surface area contributed by atoms with E-state index in [-0.39, 0.29) is 11.9 Å². The van der Waals surface area contributed by atoms with Gasteiger partial charge in [0.15, 0.2) is 22.5 Å². The molecule has 2 aromatic carbocycles. The summed E-state index contributed by atoms with van der Waals surface area (Å²) in [5.41, 5.74) is 3.95. The number of ether oxygens (including phenoxy) is 4. The van der Waals surface area contributed by atoms with E-state index in [0.29, 0.717) is 24.7 Å². The van der Waals surface area contributed by atoms with Gasteiger partial charge in [-0.25, -0.2) is 29.5 Å². The van der Waals surface area contributed by atoms with Crippen molar-refractivity contribution in [3.63, 3.8) is 0 Å². The molecule has 0 unspecified atom stereocenters. The van der Waals surface area contributed by atoms with Crippen LogP contribution in [0.15, 0.2) is 83.6 Å². The molecule has 4 rings (SSSR count). The Kier molecular flexibility index (Phi) is 31.4. The molecule has 0 aliphatic rings. The van der Waals surface area contributed by atoms with Crippen LogP contribution in [0, 0.1) is 0 Å². The quantitative estimate of drug-likeness (QED) is 0.0189. The monoisotopic (exact) mass is 959 g/mol. The summed E-state index contributed by atoms with van der Waals surface area (Å²) in [6, 6.07) is 15.3. The minimum Gasteiger partial charge on any atom is -0.479 e. The van der Waals surface area contributed by atoms with E-state index in [1.807, 2.05) is 73.3 Å². The first kappa shape index (κ1) is 57.2. The molecule has 0 fully saturated rings. The van der Waals surface area contributed by atoms with E-state index in [9.17, 15) is 9.59 Å². The van der Waals surface area contributed by atoms with Gasteiger partial charge in [-0.05, 0) is 74.9 Å². The van der Waals surface area contributed by atoms with Crippen LogP contribution in [-0.2, 0) is 19.1 Å². The predicted octanol–water partition coefficient (Wildman–Crippen LogP) is 15.4. The second kappa shape index (κ2) is 36.8. The van der Waals surface area contributed by atoms with Gasteiger partial charge >= 0.3 is 11.9 Å². The van der Waals surface area contributed by atoms with Crippen molar-refractivity contribution in [3.8, 4) is 33.8 Å². The van der Waals surface area contributed by atoms with E-state index in [0.717, 1.165) is 69.8 Å². The minimum absolute atomic E-state index is 0.315. The first-order valence-corrected chi connectivity index (χ1v) is 27.5. The lowest BCUT2D eigenvalue weighted by Gasteiger charge is -2.14. The third kappa shape index (κ3) is 25.7. The van der Waals surface area contributed by atoms with Crippen LogP contribution < -0.4 is 9.47 Å². The van der Waals surface area contributed by atoms with E-state index < -0.39 is 12.2 Å². The molecule has 0 bridgehead atoms. The van der Waals surface area contributed by atoms with Crippen LogP contribution in [0.4, 0.5) is 0 Å². The fourth-order valence-electron chi connectivity index (χ4n) is 6.94. The van der Waals surface area contributed by atoms with Crippen molar-refractivity contribution in [2.45, 2.75) is 199 Å². The lowest BCUT2D eigenvalue weighted by atomic mass is 10.1. The zero-order valence-corrected chi connectivity index (χ0v) is 43.4. The van der Waals surface area contributed by atoms with E-state index >= 15 is 0 Å². The number of hydrogen-bond acceptors (Lipinski definition) is 12. The van der Waals surface area contributed by atoms with Crippen molar-refractivity contribution in [1.82, 2.24) is 19.9 Å². The van der Waals surface area contributed by atoms with Gasteiger partial charge in [0.05, 0.1) is 13.2 Å². The third-order valence-corrected chi connectivity index (χ3v) is 13.0. The highest BCUT2D eigenvalue weighted by Crippen LogP contribution is 2.26. The van der Waals surface area contributed by atoms with E-state index in [1.165, 1.54) is 109 Å². The Morgan fingerprint density at radius 2 is 0.716 bits per heavy atom. The van der Waals surface area contributed by atoms with E-state index in [2.05, 4.69) is 47.6 Å². The SMILES string of the molecule is CCCCCCCCOC(=O)[C@@H](C)Oc1ccc(-c2cnc(SCCCCCC)nc2)cc1.CCCCCCCCOC(=O)[C@@H](C)Oc1ccc(-c2cnc(SCCCCCCC)nc2)cc1. The number of hydrogen-bond donors (Lipinski definition) is 0. The number of esters is 2. The normalized spacial score (nSPS) is 11.9. The lowest BCUT2D eigenvalue weighted by Crippen LogP contribution is -2.26. The van der Waals surface area contributed by atoms with Gasteiger partial charge in [-0.3, -0.25) is 0 Å². The van der Waals surface area contributed by atoms with Crippen LogP contribution in [0.25, 0.3) is 22.3 Å². The summed E-state index contributed by atoms with van der Waals surface area (Å²) in [6.07, 6.45) is 31.6. The van der Waals surface area contributed by atoms with Crippen LogP contribution in [-0.4, -0.2) is 68.8 Å². The fraction of sp³-hybridized carbons (Fsp3) is 0.600. The van der Waals surface area contributed by atoms with Gasteiger partial charge in [0.25, 0.3) is 0 Å². The molecule has 370 valence electrons. The molecule has 2 aromatic heterocycles. The number of carbonyl (C=O) groups is 2. The van der Waals surface area contributed by atoms with Gasteiger partial charge in [0.1, 0.15) is 11.5 Å². The van der Waals surface area contributed by atoms with Crippen LogP contribution in [0.1, 0.15) is 176 Å². The molecular weight excluding hydrogens is 877 g/mol. The summed E-state index contributed by atoms with van der Waals surface area (Å²) >= 11 is 3.43. The molecule has 67 heavy (non-hydrogen) atoms. The summed E-state index contributed by atoms with van der Waals surface area (Å²) in [5, 5.41) is 1.65. The molecule has 2 heterocycles. The highest BCUT2D eigenvalue weighted by atomic mass is 32.2. The Bertz CT molecular complexity index is 1850. The molecule has 4 aromatic rings. The second-order valence-electron chi connectivity index (χ2n) is 17.1. The largest absolute Gasteiger partial charge is 0.479 e. The summed E-state index contributed by atoms with van der Waals surface area (Å²) in [4.78, 5) is 42.3. The van der Waals surface area contributed by atoms with Crippen molar-refractivity contribution >= 4 is 35.5 Å². The minimum atomic E-state index is -0.632. The van der Waals surface area contributed by atoms with Gasteiger partial charge in [-0.2, -0.15) is 0 Å². The van der Waals surface area contributed by atoms with Gasteiger partial charge < -0.3 is 18.9 Å². The molecule has 12 heteroatoms. The lowest BCUT2D eigenvalue weighted by molar-refractivity contribution is -0.152. The van der Waals surface area contributed by atoms with Crippen LogP contribution in [0.3, 0.4) is 0 Å². The first-order chi connectivity index (χ1) is 32.8. The molecule has 0 spiro atoms. The number of unbranched alkanes of at least 4 members (excludes halogenated alkanes) is 17. The zero-order chi connectivity index (χ0) is 48.2.